The molecule has 2 atom stereocenters. The van der Waals surface area contributed by atoms with E-state index in [1.807, 2.05) is 24.4 Å². The number of benzene rings is 2. The van der Waals surface area contributed by atoms with Gasteiger partial charge in [0.05, 0.1) is 5.69 Å². The molecular formula is C22H21N3O. The standard InChI is InChI=1S/C22H21N3O/c23-22(26)20-13-19(20)16-8-10-18(11-9-16)25-14-15-4-6-17(7-5-15)21-3-1-2-12-24-21/h1-12,19-20,25H,13-14H2,(H2,23,26). The van der Waals surface area contributed by atoms with Crippen LogP contribution in [-0.4, -0.2) is 10.9 Å². The first-order chi connectivity index (χ1) is 12.7. The third kappa shape index (κ3) is 3.59. The number of nitrogens with zero attached hydrogens (tertiary/aromatic N) is 1. The van der Waals surface area contributed by atoms with Crippen molar-refractivity contribution in [3.8, 4) is 11.3 Å². The number of rotatable bonds is 6. The first kappa shape index (κ1) is 16.3. The van der Waals surface area contributed by atoms with Crippen molar-refractivity contribution in [3.05, 3.63) is 84.1 Å². The van der Waals surface area contributed by atoms with Crippen LogP contribution in [0.3, 0.4) is 0 Å². The maximum atomic E-state index is 11.2. The van der Waals surface area contributed by atoms with Gasteiger partial charge >= 0.3 is 0 Å². The minimum Gasteiger partial charge on any atom is -0.381 e. The van der Waals surface area contributed by atoms with Gasteiger partial charge in [-0.2, -0.15) is 0 Å². The average molecular weight is 343 g/mol. The molecular weight excluding hydrogens is 322 g/mol. The van der Waals surface area contributed by atoms with E-state index in [1.54, 1.807) is 0 Å². The van der Waals surface area contributed by atoms with Gasteiger partial charge in [0.2, 0.25) is 5.91 Å². The highest BCUT2D eigenvalue weighted by molar-refractivity contribution is 5.81. The van der Waals surface area contributed by atoms with Crippen molar-refractivity contribution in [1.29, 1.82) is 0 Å². The van der Waals surface area contributed by atoms with E-state index in [-0.39, 0.29) is 11.8 Å². The predicted octanol–water partition coefficient (Wildman–Crippen LogP) is 3.95. The van der Waals surface area contributed by atoms with Crippen LogP contribution in [0.15, 0.2) is 72.9 Å². The van der Waals surface area contributed by atoms with E-state index in [9.17, 15) is 4.79 Å². The van der Waals surface area contributed by atoms with Crippen molar-refractivity contribution in [3.63, 3.8) is 0 Å². The lowest BCUT2D eigenvalue weighted by Gasteiger charge is -2.08. The number of amides is 1. The molecule has 2 unspecified atom stereocenters. The predicted molar refractivity (Wildman–Crippen MR) is 103 cm³/mol. The highest BCUT2D eigenvalue weighted by atomic mass is 16.1. The summed E-state index contributed by atoms with van der Waals surface area (Å²) >= 11 is 0. The van der Waals surface area contributed by atoms with Crippen molar-refractivity contribution in [1.82, 2.24) is 4.98 Å². The second-order valence-electron chi connectivity index (χ2n) is 6.74. The summed E-state index contributed by atoms with van der Waals surface area (Å²) in [5.74, 6) is 0.137. The van der Waals surface area contributed by atoms with E-state index < -0.39 is 0 Å². The molecule has 1 aromatic heterocycles. The molecule has 3 aromatic rings. The Hall–Kier alpha value is -3.14. The largest absolute Gasteiger partial charge is 0.381 e. The minimum absolute atomic E-state index is 0.0198. The van der Waals surface area contributed by atoms with Gasteiger partial charge in [-0.1, -0.05) is 42.5 Å². The fraction of sp³-hybridized carbons (Fsp3) is 0.182. The molecule has 26 heavy (non-hydrogen) atoms. The fourth-order valence-electron chi connectivity index (χ4n) is 3.26. The molecule has 1 aliphatic carbocycles. The summed E-state index contributed by atoms with van der Waals surface area (Å²) in [5, 5.41) is 3.43. The van der Waals surface area contributed by atoms with Crippen molar-refractivity contribution >= 4 is 11.6 Å². The van der Waals surface area contributed by atoms with Gasteiger partial charge in [-0.25, -0.2) is 0 Å². The van der Waals surface area contributed by atoms with Crippen LogP contribution in [0, 0.1) is 5.92 Å². The number of hydrogen-bond acceptors (Lipinski definition) is 3. The van der Waals surface area contributed by atoms with Crippen LogP contribution in [0.25, 0.3) is 11.3 Å². The van der Waals surface area contributed by atoms with Crippen LogP contribution in [0.5, 0.6) is 0 Å². The minimum atomic E-state index is -0.189. The Morgan fingerprint density at radius 2 is 1.81 bits per heavy atom. The molecule has 0 aliphatic heterocycles. The Balaban J connectivity index is 1.35. The number of hydrogen-bond donors (Lipinski definition) is 2. The summed E-state index contributed by atoms with van der Waals surface area (Å²) in [6, 6.07) is 22.7. The molecule has 0 spiro atoms. The summed E-state index contributed by atoms with van der Waals surface area (Å²) in [4.78, 5) is 15.6. The number of aromatic nitrogens is 1. The number of pyridine rings is 1. The van der Waals surface area contributed by atoms with Crippen LogP contribution in [0.4, 0.5) is 5.69 Å². The van der Waals surface area contributed by atoms with Crippen LogP contribution in [-0.2, 0) is 11.3 Å². The molecule has 4 heteroatoms. The molecule has 1 aliphatic rings. The molecule has 2 aromatic carbocycles. The first-order valence-corrected chi connectivity index (χ1v) is 8.84. The molecule has 0 bridgehead atoms. The molecule has 4 nitrogen and oxygen atoms in total. The third-order valence-corrected chi connectivity index (χ3v) is 4.91. The number of primary amides is 1. The zero-order chi connectivity index (χ0) is 17.9. The van der Waals surface area contributed by atoms with Crippen molar-refractivity contribution < 1.29 is 4.79 Å². The van der Waals surface area contributed by atoms with Gasteiger partial charge in [0.1, 0.15) is 0 Å². The smallest absolute Gasteiger partial charge is 0.221 e. The van der Waals surface area contributed by atoms with Crippen molar-refractivity contribution in [2.75, 3.05) is 5.32 Å². The van der Waals surface area contributed by atoms with E-state index in [2.05, 4.69) is 58.8 Å². The van der Waals surface area contributed by atoms with Gasteiger partial charge in [-0.05, 0) is 47.7 Å². The first-order valence-electron chi connectivity index (χ1n) is 8.84. The Kier molecular flexibility index (Phi) is 4.40. The van der Waals surface area contributed by atoms with E-state index in [0.717, 1.165) is 29.9 Å². The topological polar surface area (TPSA) is 68.0 Å². The van der Waals surface area contributed by atoms with Gasteiger partial charge < -0.3 is 11.1 Å². The molecule has 130 valence electrons. The number of anilines is 1. The highest BCUT2D eigenvalue weighted by Gasteiger charge is 2.42. The maximum absolute atomic E-state index is 11.2. The second kappa shape index (κ2) is 7.00. The Labute approximate surface area is 153 Å². The summed E-state index contributed by atoms with van der Waals surface area (Å²) in [7, 11) is 0. The zero-order valence-electron chi connectivity index (χ0n) is 14.4. The van der Waals surface area contributed by atoms with Gasteiger partial charge in [0, 0.05) is 29.9 Å². The highest BCUT2D eigenvalue weighted by Crippen LogP contribution is 2.47. The van der Waals surface area contributed by atoms with Gasteiger partial charge in [0.25, 0.3) is 0 Å². The Morgan fingerprint density at radius 3 is 2.42 bits per heavy atom. The molecule has 0 saturated heterocycles. The number of carbonyl (C=O) groups excluding carboxylic acids is 1. The summed E-state index contributed by atoms with van der Waals surface area (Å²) in [6.07, 6.45) is 2.69. The van der Waals surface area contributed by atoms with Crippen LogP contribution in [0.1, 0.15) is 23.5 Å². The molecule has 4 rings (SSSR count). The molecule has 0 radical (unpaired) electrons. The Morgan fingerprint density at radius 1 is 1.04 bits per heavy atom. The number of nitrogens with two attached hydrogens (primary N) is 1. The van der Waals surface area contributed by atoms with E-state index >= 15 is 0 Å². The third-order valence-electron chi connectivity index (χ3n) is 4.91. The SMILES string of the molecule is NC(=O)C1CC1c1ccc(NCc2ccc(-c3ccccn3)cc2)cc1. The average Bonchev–Trinajstić information content (AvgIpc) is 3.49. The molecule has 3 N–H and O–H groups in total. The number of carbonyl (C=O) groups is 1. The maximum Gasteiger partial charge on any atom is 0.221 e. The number of nitrogens with one attached hydrogen (secondary N) is 1. The van der Waals surface area contributed by atoms with Crippen LogP contribution < -0.4 is 11.1 Å². The van der Waals surface area contributed by atoms with E-state index in [1.165, 1.54) is 11.1 Å². The van der Waals surface area contributed by atoms with E-state index in [0.29, 0.717) is 5.92 Å². The monoisotopic (exact) mass is 343 g/mol. The van der Waals surface area contributed by atoms with Crippen LogP contribution >= 0.6 is 0 Å². The van der Waals surface area contributed by atoms with E-state index in [4.69, 9.17) is 5.73 Å². The van der Waals surface area contributed by atoms with Crippen molar-refractivity contribution in [2.45, 2.75) is 18.9 Å². The van der Waals surface area contributed by atoms with Gasteiger partial charge in [-0.15, -0.1) is 0 Å². The van der Waals surface area contributed by atoms with Gasteiger partial charge in [-0.3, -0.25) is 9.78 Å². The van der Waals surface area contributed by atoms with Gasteiger partial charge in [0.15, 0.2) is 0 Å². The summed E-state index contributed by atoms with van der Waals surface area (Å²) < 4.78 is 0. The summed E-state index contributed by atoms with van der Waals surface area (Å²) in [6.45, 7) is 0.759. The lowest BCUT2D eigenvalue weighted by molar-refractivity contribution is -0.119. The second-order valence-corrected chi connectivity index (χ2v) is 6.74. The molecule has 1 fully saturated rings. The zero-order valence-corrected chi connectivity index (χ0v) is 14.4. The summed E-state index contributed by atoms with van der Waals surface area (Å²) in [5.41, 5.74) is 10.9. The lowest BCUT2D eigenvalue weighted by Crippen LogP contribution is -2.13. The fourth-order valence-corrected chi connectivity index (χ4v) is 3.26. The molecule has 1 amide bonds. The lowest BCUT2D eigenvalue weighted by atomic mass is 10.1. The van der Waals surface area contributed by atoms with Crippen LogP contribution in [0.2, 0.25) is 0 Å². The normalized spacial score (nSPS) is 18.3. The molecule has 1 saturated carbocycles. The molecule has 1 heterocycles. The Bertz CT molecular complexity index is 889. The quantitative estimate of drug-likeness (QED) is 0.712. The van der Waals surface area contributed by atoms with Crippen molar-refractivity contribution in [2.24, 2.45) is 11.7 Å².